The van der Waals surface area contributed by atoms with Crippen LogP contribution in [0.25, 0.3) is 0 Å². The van der Waals surface area contributed by atoms with Gasteiger partial charge in [0.25, 0.3) is 11.8 Å². The van der Waals surface area contributed by atoms with Crippen molar-refractivity contribution >= 4 is 33.3 Å². The van der Waals surface area contributed by atoms with E-state index >= 15 is 0 Å². The van der Waals surface area contributed by atoms with Crippen molar-refractivity contribution in [2.45, 2.75) is 10.3 Å². The van der Waals surface area contributed by atoms with Crippen LogP contribution in [0.2, 0.25) is 0 Å². The first-order chi connectivity index (χ1) is 11.4. The number of carbonyl (C=O) groups excluding carboxylic acids is 2. The average molecular weight is 364 g/mol. The highest BCUT2D eigenvalue weighted by Gasteiger charge is 2.36. The summed E-state index contributed by atoms with van der Waals surface area (Å²) in [5, 5.41) is -0.891. The number of halogens is 1. The predicted molar refractivity (Wildman–Crippen MR) is 89.9 cm³/mol. The van der Waals surface area contributed by atoms with Gasteiger partial charge in [0.2, 0.25) is 0 Å². The third kappa shape index (κ3) is 3.07. The van der Waals surface area contributed by atoms with E-state index in [1.165, 1.54) is 12.1 Å². The predicted octanol–water partition coefficient (Wildman–Crippen LogP) is 2.36. The Morgan fingerprint density at radius 3 is 1.92 bits per heavy atom. The minimum absolute atomic E-state index is 0.153. The van der Waals surface area contributed by atoms with Gasteiger partial charge in [0.1, 0.15) is 0 Å². The molecule has 1 aliphatic rings. The summed E-state index contributed by atoms with van der Waals surface area (Å²) in [5.74, 6) is -1.25. The van der Waals surface area contributed by atoms with Crippen molar-refractivity contribution in [2.24, 2.45) is 0 Å². The summed E-state index contributed by atoms with van der Waals surface area (Å²) in [6, 6.07) is 14.4. The summed E-state index contributed by atoms with van der Waals surface area (Å²) in [6.45, 7) is -0.153. The smallest absolute Gasteiger partial charge is 0.261 e. The molecule has 0 radical (unpaired) electrons. The Balaban J connectivity index is 1.74. The Morgan fingerprint density at radius 1 is 0.875 bits per heavy atom. The van der Waals surface area contributed by atoms with E-state index in [-0.39, 0.29) is 17.2 Å². The molecule has 0 fully saturated rings. The van der Waals surface area contributed by atoms with Crippen molar-refractivity contribution in [3.63, 3.8) is 0 Å². The maximum Gasteiger partial charge on any atom is 0.261 e. The van der Waals surface area contributed by atoms with Crippen LogP contribution in [0.5, 0.6) is 0 Å². The molecule has 24 heavy (non-hydrogen) atoms. The second-order valence-electron chi connectivity index (χ2n) is 5.46. The maximum absolute atomic E-state index is 12.3. The highest BCUT2D eigenvalue weighted by Crippen LogP contribution is 2.24. The molecule has 0 N–H and O–H groups in total. The van der Waals surface area contributed by atoms with Crippen LogP contribution in [0.4, 0.5) is 0 Å². The van der Waals surface area contributed by atoms with Gasteiger partial charge in [-0.3, -0.25) is 14.5 Å². The normalized spacial score (nSPS) is 15.5. The molecular formula is C17H14ClNO4S. The summed E-state index contributed by atoms with van der Waals surface area (Å²) >= 11 is 6.14. The van der Waals surface area contributed by atoms with Crippen molar-refractivity contribution in [1.82, 2.24) is 4.90 Å². The second kappa shape index (κ2) is 6.37. The van der Waals surface area contributed by atoms with Crippen LogP contribution in [0, 0.1) is 0 Å². The number of amides is 2. The van der Waals surface area contributed by atoms with Gasteiger partial charge >= 0.3 is 0 Å². The molecule has 3 rings (SSSR count). The average Bonchev–Trinajstić information content (AvgIpc) is 2.81. The Labute approximate surface area is 144 Å². The van der Waals surface area contributed by atoms with Crippen LogP contribution >= 0.6 is 11.6 Å². The summed E-state index contributed by atoms with van der Waals surface area (Å²) in [5.41, 5.74) is 0.634. The fourth-order valence-corrected chi connectivity index (χ4v) is 4.60. The van der Waals surface area contributed by atoms with Gasteiger partial charge in [-0.15, -0.1) is 11.6 Å². The zero-order valence-electron chi connectivity index (χ0n) is 12.6. The zero-order chi connectivity index (χ0) is 17.3. The molecule has 1 unspecified atom stereocenters. The number of imide groups is 1. The van der Waals surface area contributed by atoms with Crippen molar-refractivity contribution in [2.75, 3.05) is 12.3 Å². The number of alkyl halides is 1. The van der Waals surface area contributed by atoms with Gasteiger partial charge in [-0.2, -0.15) is 0 Å². The van der Waals surface area contributed by atoms with Crippen LogP contribution in [-0.2, 0) is 9.84 Å². The minimum atomic E-state index is -3.58. The number of rotatable bonds is 5. The fraction of sp³-hybridized carbons (Fsp3) is 0.176. The van der Waals surface area contributed by atoms with Crippen LogP contribution in [0.3, 0.4) is 0 Å². The summed E-state index contributed by atoms with van der Waals surface area (Å²) in [6.07, 6.45) is 0. The van der Waals surface area contributed by atoms with Crippen molar-refractivity contribution in [3.05, 3.63) is 65.7 Å². The number of hydrogen-bond acceptors (Lipinski definition) is 4. The van der Waals surface area contributed by atoms with Crippen LogP contribution < -0.4 is 0 Å². The largest absolute Gasteiger partial charge is 0.273 e. The Bertz CT molecular complexity index is 861. The maximum atomic E-state index is 12.3. The fourth-order valence-electron chi connectivity index (χ4n) is 2.62. The van der Waals surface area contributed by atoms with Gasteiger partial charge in [0.05, 0.1) is 27.2 Å². The van der Waals surface area contributed by atoms with Crippen molar-refractivity contribution in [3.8, 4) is 0 Å². The topological polar surface area (TPSA) is 71.5 Å². The highest BCUT2D eigenvalue weighted by atomic mass is 35.5. The summed E-state index contributed by atoms with van der Waals surface area (Å²) in [4.78, 5) is 25.7. The number of sulfone groups is 1. The molecule has 1 heterocycles. The standard InChI is InChI=1S/C17H14ClNO4S/c18-12(11-24(22,23)13-6-2-1-3-7-13)10-19-16(20)14-8-4-5-9-15(14)17(19)21/h1-9,12H,10-11H2. The van der Waals surface area contributed by atoms with Crippen molar-refractivity contribution in [1.29, 1.82) is 0 Å². The van der Waals surface area contributed by atoms with E-state index in [1.807, 2.05) is 0 Å². The minimum Gasteiger partial charge on any atom is -0.273 e. The number of hydrogen-bond donors (Lipinski definition) is 0. The monoisotopic (exact) mass is 363 g/mol. The summed E-state index contributed by atoms with van der Waals surface area (Å²) < 4.78 is 24.6. The van der Waals surface area contributed by atoms with Gasteiger partial charge < -0.3 is 0 Å². The van der Waals surface area contributed by atoms with Crippen LogP contribution in [0.1, 0.15) is 20.7 Å². The third-order valence-corrected chi connectivity index (χ3v) is 6.07. The first kappa shape index (κ1) is 16.7. The lowest BCUT2D eigenvalue weighted by Gasteiger charge is -2.18. The number of nitrogens with zero attached hydrogens (tertiary/aromatic N) is 1. The SMILES string of the molecule is O=C1c2ccccc2C(=O)N1CC(Cl)CS(=O)(=O)c1ccccc1. The third-order valence-electron chi connectivity index (χ3n) is 3.76. The lowest BCUT2D eigenvalue weighted by Crippen LogP contribution is -2.37. The van der Waals surface area contributed by atoms with Crippen LogP contribution in [-0.4, -0.2) is 42.8 Å². The molecule has 0 aliphatic carbocycles. The van der Waals surface area contributed by atoms with E-state index in [0.717, 1.165) is 4.90 Å². The van der Waals surface area contributed by atoms with Gasteiger partial charge in [-0.05, 0) is 24.3 Å². The molecule has 5 nitrogen and oxygen atoms in total. The lowest BCUT2D eigenvalue weighted by atomic mass is 10.1. The molecule has 2 aromatic carbocycles. The van der Waals surface area contributed by atoms with Crippen LogP contribution in [0.15, 0.2) is 59.5 Å². The Morgan fingerprint density at radius 2 is 1.38 bits per heavy atom. The van der Waals surface area contributed by atoms with Crippen molar-refractivity contribution < 1.29 is 18.0 Å². The van der Waals surface area contributed by atoms with Gasteiger partial charge in [0, 0.05) is 6.54 Å². The van der Waals surface area contributed by atoms with E-state index < -0.39 is 27.0 Å². The molecule has 1 atom stereocenters. The molecule has 2 aromatic rings. The second-order valence-corrected chi connectivity index (χ2v) is 8.11. The zero-order valence-corrected chi connectivity index (χ0v) is 14.1. The molecule has 1 aliphatic heterocycles. The molecule has 7 heteroatoms. The first-order valence-corrected chi connectivity index (χ1v) is 9.36. The lowest BCUT2D eigenvalue weighted by molar-refractivity contribution is 0.0655. The molecule has 2 amide bonds. The molecule has 0 saturated carbocycles. The van der Waals surface area contributed by atoms with Gasteiger partial charge in [-0.1, -0.05) is 30.3 Å². The quantitative estimate of drug-likeness (QED) is 0.604. The molecule has 0 spiro atoms. The highest BCUT2D eigenvalue weighted by molar-refractivity contribution is 7.91. The van der Waals surface area contributed by atoms with E-state index in [9.17, 15) is 18.0 Å². The Kier molecular flexibility index (Phi) is 4.43. The molecule has 124 valence electrons. The molecule has 0 aromatic heterocycles. The van der Waals surface area contributed by atoms with E-state index in [4.69, 9.17) is 11.6 Å². The first-order valence-electron chi connectivity index (χ1n) is 7.27. The number of benzene rings is 2. The molecule has 0 bridgehead atoms. The Hall–Kier alpha value is -2.18. The number of carbonyl (C=O) groups is 2. The summed E-state index contributed by atoms with van der Waals surface area (Å²) in [7, 11) is -3.58. The molecular weight excluding hydrogens is 350 g/mol. The van der Waals surface area contributed by atoms with E-state index in [1.54, 1.807) is 42.5 Å². The van der Waals surface area contributed by atoms with E-state index in [0.29, 0.717) is 11.1 Å². The van der Waals surface area contributed by atoms with Gasteiger partial charge in [-0.25, -0.2) is 8.42 Å². The molecule has 0 saturated heterocycles. The van der Waals surface area contributed by atoms with E-state index in [2.05, 4.69) is 0 Å². The number of fused-ring (bicyclic) bond motifs is 1. The van der Waals surface area contributed by atoms with Gasteiger partial charge in [0.15, 0.2) is 9.84 Å².